The van der Waals surface area contributed by atoms with E-state index >= 15 is 0 Å². The minimum absolute atomic E-state index is 0.120. The first-order chi connectivity index (χ1) is 10.6. The standard InChI is InChI=1S/C17H21NO4/c19-15(20)11-14-18-17(21,13-9-5-2-6-10-13)16(22-14)12-7-3-1-4-8-12/h2,5-6,9-10,12,16,21H,1,3-4,7-8,11H2,(H,19,20). The number of carbonyl (C=O) groups is 1. The molecule has 1 aliphatic heterocycles. The van der Waals surface area contributed by atoms with E-state index in [1.54, 1.807) is 0 Å². The van der Waals surface area contributed by atoms with Gasteiger partial charge in [0.05, 0.1) is 0 Å². The van der Waals surface area contributed by atoms with Crippen LogP contribution in [0.25, 0.3) is 0 Å². The summed E-state index contributed by atoms with van der Waals surface area (Å²) < 4.78 is 5.80. The number of hydrogen-bond donors (Lipinski definition) is 2. The van der Waals surface area contributed by atoms with Crippen LogP contribution in [0.1, 0.15) is 44.1 Å². The Kier molecular flexibility index (Phi) is 4.16. The molecule has 118 valence electrons. The molecule has 5 heteroatoms. The van der Waals surface area contributed by atoms with Crippen molar-refractivity contribution in [2.45, 2.75) is 50.4 Å². The van der Waals surface area contributed by atoms with Gasteiger partial charge < -0.3 is 14.9 Å². The molecule has 22 heavy (non-hydrogen) atoms. The van der Waals surface area contributed by atoms with Gasteiger partial charge in [-0.15, -0.1) is 0 Å². The molecule has 3 rings (SSSR count). The van der Waals surface area contributed by atoms with Crippen molar-refractivity contribution < 1.29 is 19.7 Å². The van der Waals surface area contributed by atoms with Gasteiger partial charge in [0.1, 0.15) is 6.42 Å². The molecular formula is C17H21NO4. The molecule has 2 unspecified atom stereocenters. The van der Waals surface area contributed by atoms with Crippen LogP contribution in [0.4, 0.5) is 0 Å². The second-order valence-corrected chi connectivity index (χ2v) is 6.10. The zero-order valence-electron chi connectivity index (χ0n) is 12.4. The van der Waals surface area contributed by atoms with Gasteiger partial charge in [-0.25, -0.2) is 4.99 Å². The highest BCUT2D eigenvalue weighted by atomic mass is 16.5. The Morgan fingerprint density at radius 3 is 2.55 bits per heavy atom. The number of carboxylic acid groups (broad SMARTS) is 1. The molecule has 1 fully saturated rings. The fourth-order valence-corrected chi connectivity index (χ4v) is 3.49. The SMILES string of the molecule is O=C(O)CC1=NC(O)(c2ccccc2)C(C2CCCCC2)O1. The summed E-state index contributed by atoms with van der Waals surface area (Å²) in [5.41, 5.74) is -0.820. The van der Waals surface area contributed by atoms with Gasteiger partial charge in [-0.3, -0.25) is 4.79 Å². The van der Waals surface area contributed by atoms with Gasteiger partial charge >= 0.3 is 5.97 Å². The average Bonchev–Trinajstić information content (AvgIpc) is 2.86. The molecule has 1 aromatic rings. The van der Waals surface area contributed by atoms with Gasteiger partial charge in [0.25, 0.3) is 0 Å². The minimum Gasteiger partial charge on any atom is -0.481 e. The molecule has 0 amide bonds. The van der Waals surface area contributed by atoms with E-state index in [9.17, 15) is 9.90 Å². The van der Waals surface area contributed by atoms with Gasteiger partial charge in [-0.1, -0.05) is 49.6 Å². The van der Waals surface area contributed by atoms with Gasteiger partial charge in [-0.2, -0.15) is 0 Å². The Balaban J connectivity index is 1.92. The fourth-order valence-electron chi connectivity index (χ4n) is 3.49. The van der Waals surface area contributed by atoms with Crippen LogP contribution in [-0.4, -0.2) is 28.2 Å². The maximum absolute atomic E-state index is 11.2. The molecular weight excluding hydrogens is 282 g/mol. The second-order valence-electron chi connectivity index (χ2n) is 6.10. The molecule has 2 N–H and O–H groups in total. The van der Waals surface area contributed by atoms with Crippen molar-refractivity contribution in [3.8, 4) is 0 Å². The Morgan fingerprint density at radius 1 is 1.23 bits per heavy atom. The Labute approximate surface area is 129 Å². The predicted molar refractivity (Wildman–Crippen MR) is 81.5 cm³/mol. The summed E-state index contributed by atoms with van der Waals surface area (Å²) in [6.45, 7) is 0. The molecule has 0 bridgehead atoms. The molecule has 1 heterocycles. The van der Waals surface area contributed by atoms with Crippen LogP contribution in [0.3, 0.4) is 0 Å². The summed E-state index contributed by atoms with van der Waals surface area (Å²) >= 11 is 0. The van der Waals surface area contributed by atoms with Crippen LogP contribution in [0, 0.1) is 5.92 Å². The highest BCUT2D eigenvalue weighted by Gasteiger charge is 2.50. The van der Waals surface area contributed by atoms with Crippen molar-refractivity contribution in [1.82, 2.24) is 0 Å². The largest absolute Gasteiger partial charge is 0.481 e. The number of aliphatic hydroxyl groups is 1. The summed E-state index contributed by atoms with van der Waals surface area (Å²) in [4.78, 5) is 15.2. The third-order valence-electron chi connectivity index (χ3n) is 4.53. The number of carboxylic acids is 1. The highest BCUT2D eigenvalue weighted by molar-refractivity contribution is 5.94. The van der Waals surface area contributed by atoms with E-state index in [4.69, 9.17) is 9.84 Å². The lowest BCUT2D eigenvalue weighted by Gasteiger charge is -2.34. The van der Waals surface area contributed by atoms with Gasteiger partial charge in [0, 0.05) is 11.5 Å². The first kappa shape index (κ1) is 15.0. The van der Waals surface area contributed by atoms with Crippen molar-refractivity contribution >= 4 is 11.9 Å². The summed E-state index contributed by atoms with van der Waals surface area (Å²) in [7, 11) is 0. The second kappa shape index (κ2) is 6.08. The number of nitrogens with zero attached hydrogens (tertiary/aromatic N) is 1. The molecule has 0 radical (unpaired) electrons. The monoisotopic (exact) mass is 303 g/mol. The third-order valence-corrected chi connectivity index (χ3v) is 4.53. The molecule has 2 atom stereocenters. The smallest absolute Gasteiger partial charge is 0.312 e. The molecule has 1 aromatic carbocycles. The number of benzene rings is 1. The predicted octanol–water partition coefficient (Wildman–Crippen LogP) is 2.68. The van der Waals surface area contributed by atoms with Crippen molar-refractivity contribution in [3.05, 3.63) is 35.9 Å². The summed E-state index contributed by atoms with van der Waals surface area (Å²) in [6, 6.07) is 9.19. The van der Waals surface area contributed by atoms with Crippen LogP contribution < -0.4 is 0 Å². The van der Waals surface area contributed by atoms with E-state index in [1.165, 1.54) is 6.42 Å². The Morgan fingerprint density at radius 2 is 1.91 bits per heavy atom. The van der Waals surface area contributed by atoms with Crippen LogP contribution in [0.5, 0.6) is 0 Å². The number of ether oxygens (including phenoxy) is 1. The van der Waals surface area contributed by atoms with Crippen molar-refractivity contribution in [2.24, 2.45) is 10.9 Å². The van der Waals surface area contributed by atoms with E-state index in [-0.39, 0.29) is 18.2 Å². The summed E-state index contributed by atoms with van der Waals surface area (Å²) in [6.07, 6.45) is 4.61. The lowest BCUT2D eigenvalue weighted by molar-refractivity contribution is -0.136. The van der Waals surface area contributed by atoms with Crippen LogP contribution in [0.15, 0.2) is 35.3 Å². The Bertz CT molecular complexity index is 565. The minimum atomic E-state index is -1.48. The molecule has 1 saturated carbocycles. The van der Waals surface area contributed by atoms with Gasteiger partial charge in [0.2, 0.25) is 5.72 Å². The topological polar surface area (TPSA) is 79.1 Å². The first-order valence-electron chi connectivity index (χ1n) is 7.84. The van der Waals surface area contributed by atoms with Crippen LogP contribution in [0.2, 0.25) is 0 Å². The van der Waals surface area contributed by atoms with Gasteiger partial charge in [-0.05, 0) is 12.8 Å². The molecule has 0 aromatic heterocycles. The lowest BCUT2D eigenvalue weighted by atomic mass is 9.79. The quantitative estimate of drug-likeness (QED) is 0.896. The van der Waals surface area contributed by atoms with E-state index in [0.717, 1.165) is 25.7 Å². The summed E-state index contributed by atoms with van der Waals surface area (Å²) in [5, 5.41) is 20.1. The van der Waals surface area contributed by atoms with E-state index in [1.807, 2.05) is 30.3 Å². The van der Waals surface area contributed by atoms with E-state index in [0.29, 0.717) is 5.56 Å². The lowest BCUT2D eigenvalue weighted by Crippen LogP contribution is -2.41. The highest BCUT2D eigenvalue weighted by Crippen LogP contribution is 2.42. The molecule has 0 saturated heterocycles. The fraction of sp³-hybridized carbons (Fsp3) is 0.529. The number of aliphatic carboxylic acids is 1. The molecule has 1 aliphatic carbocycles. The average molecular weight is 303 g/mol. The van der Waals surface area contributed by atoms with Crippen LogP contribution in [-0.2, 0) is 15.3 Å². The van der Waals surface area contributed by atoms with E-state index in [2.05, 4.69) is 4.99 Å². The van der Waals surface area contributed by atoms with Crippen LogP contribution >= 0.6 is 0 Å². The molecule has 0 spiro atoms. The van der Waals surface area contributed by atoms with Gasteiger partial charge in [0.15, 0.2) is 12.0 Å². The van der Waals surface area contributed by atoms with Crippen molar-refractivity contribution in [1.29, 1.82) is 0 Å². The van der Waals surface area contributed by atoms with Crippen molar-refractivity contribution in [2.75, 3.05) is 0 Å². The van der Waals surface area contributed by atoms with E-state index < -0.39 is 17.8 Å². The number of hydrogen-bond acceptors (Lipinski definition) is 4. The zero-order valence-corrected chi connectivity index (χ0v) is 12.4. The summed E-state index contributed by atoms with van der Waals surface area (Å²) in [5.74, 6) is -0.679. The normalized spacial score (nSPS) is 29.0. The Hall–Kier alpha value is -1.88. The molecule has 5 nitrogen and oxygen atoms in total. The third kappa shape index (κ3) is 2.86. The van der Waals surface area contributed by atoms with Crippen molar-refractivity contribution in [3.63, 3.8) is 0 Å². The maximum atomic E-state index is 11.2. The maximum Gasteiger partial charge on any atom is 0.312 e. The molecule has 2 aliphatic rings. The zero-order chi connectivity index (χ0) is 15.6. The first-order valence-corrected chi connectivity index (χ1v) is 7.84. The number of rotatable bonds is 4. The number of aliphatic imine (C=N–C) groups is 1.